The Hall–Kier alpha value is -2.40. The van der Waals surface area contributed by atoms with Crippen molar-refractivity contribution < 1.29 is 4.79 Å². The molecule has 4 rings (SSSR count). The van der Waals surface area contributed by atoms with Crippen molar-refractivity contribution in [2.24, 2.45) is 0 Å². The van der Waals surface area contributed by atoms with Gasteiger partial charge in [0.2, 0.25) is 0 Å². The molecule has 122 valence electrons. The van der Waals surface area contributed by atoms with Crippen molar-refractivity contribution in [3.8, 4) is 11.3 Å². The molecule has 0 aliphatic carbocycles. The second-order valence-corrected chi connectivity index (χ2v) is 7.16. The molecule has 1 aliphatic rings. The molecule has 4 nitrogen and oxygen atoms in total. The summed E-state index contributed by atoms with van der Waals surface area (Å²) in [5.74, 6) is 1.08. The lowest BCUT2D eigenvalue weighted by Gasteiger charge is -2.28. The van der Waals surface area contributed by atoms with Gasteiger partial charge < -0.3 is 9.47 Å². The van der Waals surface area contributed by atoms with E-state index in [0.29, 0.717) is 6.54 Å². The lowest BCUT2D eigenvalue weighted by molar-refractivity contribution is 0.0712. The fourth-order valence-corrected chi connectivity index (χ4v) is 4.10. The number of rotatable bonds is 2. The first-order chi connectivity index (χ1) is 11.6. The Morgan fingerprint density at radius 2 is 2.08 bits per heavy atom. The smallest absolute Gasteiger partial charge is 0.264 e. The number of aromatic nitrogens is 2. The van der Waals surface area contributed by atoms with Crippen LogP contribution in [-0.4, -0.2) is 26.9 Å². The molecule has 1 aliphatic heterocycles. The summed E-state index contributed by atoms with van der Waals surface area (Å²) in [5, 5.41) is 1.98. The molecule has 2 aromatic heterocycles. The molecule has 0 unspecified atom stereocenters. The molecule has 1 amide bonds. The minimum absolute atomic E-state index is 0.119. The molecule has 24 heavy (non-hydrogen) atoms. The first-order valence-corrected chi connectivity index (χ1v) is 8.96. The van der Waals surface area contributed by atoms with E-state index in [2.05, 4.69) is 40.7 Å². The SMILES string of the molecule is Cc1cccc(-c2cnc3n2CCN(C(=O)c2sccc2C)C3)c1. The van der Waals surface area contributed by atoms with Gasteiger partial charge in [0.1, 0.15) is 5.82 Å². The molecule has 0 spiro atoms. The highest BCUT2D eigenvalue weighted by Gasteiger charge is 2.26. The van der Waals surface area contributed by atoms with Crippen LogP contribution in [0.3, 0.4) is 0 Å². The van der Waals surface area contributed by atoms with Gasteiger partial charge in [0.05, 0.1) is 23.3 Å². The van der Waals surface area contributed by atoms with E-state index < -0.39 is 0 Å². The topological polar surface area (TPSA) is 38.1 Å². The number of fused-ring (bicyclic) bond motifs is 1. The van der Waals surface area contributed by atoms with E-state index in [1.54, 1.807) is 0 Å². The quantitative estimate of drug-likeness (QED) is 0.712. The summed E-state index contributed by atoms with van der Waals surface area (Å²) >= 11 is 1.52. The molecule has 3 aromatic rings. The van der Waals surface area contributed by atoms with Crippen LogP contribution in [0, 0.1) is 13.8 Å². The summed E-state index contributed by atoms with van der Waals surface area (Å²) in [5.41, 5.74) is 4.61. The van der Waals surface area contributed by atoms with E-state index >= 15 is 0 Å². The van der Waals surface area contributed by atoms with Crippen LogP contribution in [0.15, 0.2) is 41.9 Å². The maximum Gasteiger partial charge on any atom is 0.264 e. The monoisotopic (exact) mass is 337 g/mol. The number of aryl methyl sites for hydroxylation is 2. The largest absolute Gasteiger partial charge is 0.329 e. The molecule has 5 heteroatoms. The summed E-state index contributed by atoms with van der Waals surface area (Å²) in [6, 6.07) is 10.5. The number of carbonyl (C=O) groups excluding carboxylic acids is 1. The van der Waals surface area contributed by atoms with Gasteiger partial charge in [-0.15, -0.1) is 11.3 Å². The van der Waals surface area contributed by atoms with Crippen LogP contribution in [0.1, 0.15) is 26.6 Å². The van der Waals surface area contributed by atoms with Crippen molar-refractivity contribution in [3.05, 3.63) is 63.7 Å². The van der Waals surface area contributed by atoms with Crippen molar-refractivity contribution in [1.29, 1.82) is 0 Å². The Labute approximate surface area is 145 Å². The fraction of sp³-hybridized carbons (Fsp3) is 0.263. The van der Waals surface area contributed by atoms with Gasteiger partial charge >= 0.3 is 0 Å². The van der Waals surface area contributed by atoms with Crippen LogP contribution in [-0.2, 0) is 13.1 Å². The number of benzene rings is 1. The number of amides is 1. The second-order valence-electron chi connectivity index (χ2n) is 6.24. The lowest BCUT2D eigenvalue weighted by atomic mass is 10.1. The predicted molar refractivity (Wildman–Crippen MR) is 96.2 cm³/mol. The average molecular weight is 337 g/mol. The molecule has 0 atom stereocenters. The number of carbonyl (C=O) groups is 1. The Bertz CT molecular complexity index is 909. The number of imidazole rings is 1. The van der Waals surface area contributed by atoms with Crippen molar-refractivity contribution >= 4 is 17.2 Å². The first kappa shape index (κ1) is 15.1. The summed E-state index contributed by atoms with van der Waals surface area (Å²) in [6.07, 6.45) is 1.93. The summed E-state index contributed by atoms with van der Waals surface area (Å²) in [6.45, 7) is 6.17. The maximum atomic E-state index is 12.7. The highest BCUT2D eigenvalue weighted by Crippen LogP contribution is 2.26. The molecule has 1 aromatic carbocycles. The van der Waals surface area contributed by atoms with Crippen LogP contribution < -0.4 is 0 Å². The molecule has 0 saturated heterocycles. The minimum Gasteiger partial charge on any atom is -0.329 e. The van der Waals surface area contributed by atoms with E-state index in [9.17, 15) is 4.79 Å². The van der Waals surface area contributed by atoms with E-state index in [1.807, 2.05) is 29.5 Å². The Balaban J connectivity index is 1.61. The number of nitrogens with zero attached hydrogens (tertiary/aromatic N) is 3. The predicted octanol–water partition coefficient (Wildman–Crippen LogP) is 3.88. The third kappa shape index (κ3) is 2.55. The van der Waals surface area contributed by atoms with Crippen LogP contribution in [0.2, 0.25) is 0 Å². The minimum atomic E-state index is 0.119. The Kier molecular flexibility index (Phi) is 3.73. The van der Waals surface area contributed by atoms with Gasteiger partial charge in [-0.1, -0.05) is 23.8 Å². The fourth-order valence-electron chi connectivity index (χ4n) is 3.20. The third-order valence-corrected chi connectivity index (χ3v) is 5.53. The van der Waals surface area contributed by atoms with Gasteiger partial charge in [0.15, 0.2) is 0 Å². The molecular weight excluding hydrogens is 318 g/mol. The highest BCUT2D eigenvalue weighted by atomic mass is 32.1. The van der Waals surface area contributed by atoms with E-state index in [0.717, 1.165) is 35.0 Å². The Morgan fingerprint density at radius 1 is 1.21 bits per heavy atom. The zero-order valence-corrected chi connectivity index (χ0v) is 14.6. The lowest BCUT2D eigenvalue weighted by Crippen LogP contribution is -2.38. The zero-order chi connectivity index (χ0) is 16.7. The first-order valence-electron chi connectivity index (χ1n) is 8.08. The van der Waals surface area contributed by atoms with Crippen molar-refractivity contribution in [1.82, 2.24) is 14.5 Å². The van der Waals surface area contributed by atoms with Crippen molar-refractivity contribution in [3.63, 3.8) is 0 Å². The summed E-state index contributed by atoms with van der Waals surface area (Å²) in [4.78, 5) is 20.0. The van der Waals surface area contributed by atoms with E-state index in [-0.39, 0.29) is 5.91 Å². The zero-order valence-electron chi connectivity index (χ0n) is 13.8. The van der Waals surface area contributed by atoms with Crippen LogP contribution in [0.4, 0.5) is 0 Å². The van der Waals surface area contributed by atoms with Gasteiger partial charge in [-0.3, -0.25) is 4.79 Å². The standard InChI is InChI=1S/C19H19N3OS/c1-13-4-3-5-15(10-13)16-11-20-17-12-21(7-8-22(16)17)19(23)18-14(2)6-9-24-18/h3-6,9-11H,7-8,12H2,1-2H3. The second kappa shape index (κ2) is 5.91. The molecular formula is C19H19N3OS. The molecule has 0 radical (unpaired) electrons. The molecule has 0 saturated carbocycles. The third-order valence-electron chi connectivity index (χ3n) is 4.52. The summed E-state index contributed by atoms with van der Waals surface area (Å²) in [7, 11) is 0. The van der Waals surface area contributed by atoms with Crippen LogP contribution in [0.25, 0.3) is 11.3 Å². The molecule has 3 heterocycles. The van der Waals surface area contributed by atoms with Gasteiger partial charge in [0, 0.05) is 18.7 Å². The highest BCUT2D eigenvalue weighted by molar-refractivity contribution is 7.12. The van der Waals surface area contributed by atoms with Gasteiger partial charge in [-0.25, -0.2) is 4.98 Å². The maximum absolute atomic E-state index is 12.7. The molecule has 0 N–H and O–H groups in total. The van der Waals surface area contributed by atoms with Gasteiger partial charge in [-0.05, 0) is 36.9 Å². The van der Waals surface area contributed by atoms with Gasteiger partial charge in [0.25, 0.3) is 5.91 Å². The van der Waals surface area contributed by atoms with Gasteiger partial charge in [-0.2, -0.15) is 0 Å². The normalized spacial score (nSPS) is 13.8. The van der Waals surface area contributed by atoms with Crippen molar-refractivity contribution in [2.75, 3.05) is 6.54 Å². The van der Waals surface area contributed by atoms with Crippen LogP contribution in [0.5, 0.6) is 0 Å². The average Bonchev–Trinajstić information content (AvgIpc) is 3.19. The Morgan fingerprint density at radius 3 is 2.83 bits per heavy atom. The number of hydrogen-bond donors (Lipinski definition) is 0. The van der Waals surface area contributed by atoms with E-state index in [1.165, 1.54) is 22.5 Å². The number of thiophene rings is 1. The van der Waals surface area contributed by atoms with Crippen LogP contribution >= 0.6 is 11.3 Å². The summed E-state index contributed by atoms with van der Waals surface area (Å²) < 4.78 is 2.24. The number of hydrogen-bond acceptors (Lipinski definition) is 3. The molecule has 0 bridgehead atoms. The van der Waals surface area contributed by atoms with E-state index in [4.69, 9.17) is 0 Å². The van der Waals surface area contributed by atoms with Crippen molar-refractivity contribution in [2.45, 2.75) is 26.9 Å². The molecule has 0 fully saturated rings.